The highest BCUT2D eigenvalue weighted by Crippen LogP contribution is 2.29. The summed E-state index contributed by atoms with van der Waals surface area (Å²) in [5.41, 5.74) is 3.05. The Morgan fingerprint density at radius 2 is 1.70 bits per heavy atom. The van der Waals surface area contributed by atoms with Crippen molar-refractivity contribution in [3.05, 3.63) is 90.1 Å². The average Bonchev–Trinajstić information content (AvgIpc) is 3.17. The molecule has 0 aliphatic rings. The average molecular weight is 420 g/mol. The van der Waals surface area contributed by atoms with Crippen molar-refractivity contribution < 1.29 is 17.9 Å². The molecule has 152 valence electrons. The second-order valence-electron chi connectivity index (χ2n) is 6.89. The number of ether oxygens (including phenoxy) is 1. The zero-order valence-corrected chi connectivity index (χ0v) is 17.3. The Kier molecular flexibility index (Phi) is 5.05. The van der Waals surface area contributed by atoms with Crippen LogP contribution < -0.4 is 4.72 Å². The van der Waals surface area contributed by atoms with Gasteiger partial charge in [0, 0.05) is 6.20 Å². The van der Waals surface area contributed by atoms with Gasteiger partial charge in [0.25, 0.3) is 10.0 Å². The normalized spacial score (nSPS) is 11.4. The Balaban J connectivity index is 1.85. The number of aromatic nitrogens is 1. The van der Waals surface area contributed by atoms with Gasteiger partial charge in [0.05, 0.1) is 34.5 Å². The number of benzene rings is 3. The minimum absolute atomic E-state index is 0.161. The summed E-state index contributed by atoms with van der Waals surface area (Å²) in [5.74, 6) is -0.499. The molecule has 0 spiro atoms. The number of nitrogens with zero attached hydrogens (tertiary/aromatic N) is 1. The van der Waals surface area contributed by atoms with E-state index in [4.69, 9.17) is 4.74 Å². The number of anilines is 1. The molecule has 1 heterocycles. The maximum absolute atomic E-state index is 13.0. The van der Waals surface area contributed by atoms with Crippen LogP contribution in [0.5, 0.6) is 0 Å². The van der Waals surface area contributed by atoms with Crippen LogP contribution >= 0.6 is 0 Å². The number of carbonyl (C=O) groups excluding carboxylic acids is 1. The predicted molar refractivity (Wildman–Crippen MR) is 117 cm³/mol. The van der Waals surface area contributed by atoms with E-state index in [1.807, 2.05) is 48.0 Å². The summed E-state index contributed by atoms with van der Waals surface area (Å²) in [4.78, 5) is 12.2. The summed E-state index contributed by atoms with van der Waals surface area (Å²) in [6.45, 7) is 1.89. The number of para-hydroxylation sites is 1. The van der Waals surface area contributed by atoms with E-state index in [0.29, 0.717) is 16.9 Å². The molecule has 0 atom stereocenters. The van der Waals surface area contributed by atoms with Crippen molar-refractivity contribution in [3.63, 3.8) is 0 Å². The molecule has 4 rings (SSSR count). The first-order valence-electron chi connectivity index (χ1n) is 9.27. The molecule has 0 bridgehead atoms. The summed E-state index contributed by atoms with van der Waals surface area (Å²) in [5, 5.41) is 0.994. The van der Waals surface area contributed by atoms with E-state index < -0.39 is 16.0 Å². The summed E-state index contributed by atoms with van der Waals surface area (Å²) < 4.78 is 35.3. The standard InChI is InChI=1S/C23H20N2O4S/c1-16-7-10-19(11-8-16)30(27,28)24-20-12-9-18(23(26)29-2)15-22(20)25-14-13-17-5-3-4-6-21(17)25/h3-15,24H,1-2H3. The van der Waals surface area contributed by atoms with Crippen LogP contribution in [0.2, 0.25) is 0 Å². The van der Waals surface area contributed by atoms with Crippen molar-refractivity contribution in [2.75, 3.05) is 11.8 Å². The molecule has 6 nitrogen and oxygen atoms in total. The van der Waals surface area contributed by atoms with Crippen LogP contribution in [0.15, 0.2) is 83.9 Å². The topological polar surface area (TPSA) is 77.4 Å². The van der Waals surface area contributed by atoms with Crippen molar-refractivity contribution in [2.24, 2.45) is 0 Å². The summed E-state index contributed by atoms with van der Waals surface area (Å²) in [7, 11) is -2.51. The highest BCUT2D eigenvalue weighted by Gasteiger charge is 2.19. The Hall–Kier alpha value is -3.58. The fourth-order valence-electron chi connectivity index (χ4n) is 3.28. The number of rotatable bonds is 5. The lowest BCUT2D eigenvalue weighted by atomic mass is 10.1. The van der Waals surface area contributed by atoms with Gasteiger partial charge in [0.15, 0.2) is 0 Å². The molecule has 3 aromatic carbocycles. The molecule has 0 fully saturated rings. The number of carbonyl (C=O) groups is 1. The number of aryl methyl sites for hydroxylation is 1. The van der Waals surface area contributed by atoms with Crippen LogP contribution in [0.25, 0.3) is 16.6 Å². The predicted octanol–water partition coefficient (Wildman–Crippen LogP) is 4.53. The molecule has 0 aliphatic heterocycles. The van der Waals surface area contributed by atoms with Crippen LogP contribution in [0, 0.1) is 6.92 Å². The molecule has 30 heavy (non-hydrogen) atoms. The largest absolute Gasteiger partial charge is 0.465 e. The van der Waals surface area contributed by atoms with Crippen molar-refractivity contribution in [1.29, 1.82) is 0 Å². The Morgan fingerprint density at radius 1 is 0.967 bits per heavy atom. The Bertz CT molecular complexity index is 1340. The quantitative estimate of drug-likeness (QED) is 0.482. The van der Waals surface area contributed by atoms with Gasteiger partial charge in [-0.05, 0) is 54.8 Å². The number of methoxy groups -OCH3 is 1. The molecule has 1 N–H and O–H groups in total. The van der Waals surface area contributed by atoms with E-state index >= 15 is 0 Å². The van der Waals surface area contributed by atoms with E-state index in [1.54, 1.807) is 36.4 Å². The first kappa shape index (κ1) is 19.7. The fourth-order valence-corrected chi connectivity index (χ4v) is 4.35. The van der Waals surface area contributed by atoms with Gasteiger partial charge >= 0.3 is 5.97 Å². The zero-order chi connectivity index (χ0) is 21.3. The summed E-state index contributed by atoms with van der Waals surface area (Å²) in [6, 6.07) is 21.0. The fraction of sp³-hybridized carbons (Fsp3) is 0.0870. The number of sulfonamides is 1. The third-order valence-electron chi connectivity index (χ3n) is 4.85. The third kappa shape index (κ3) is 3.67. The van der Waals surface area contributed by atoms with Crippen LogP contribution in [0.1, 0.15) is 15.9 Å². The number of fused-ring (bicyclic) bond motifs is 1. The van der Waals surface area contributed by atoms with Crippen molar-refractivity contribution in [1.82, 2.24) is 4.57 Å². The van der Waals surface area contributed by atoms with E-state index in [9.17, 15) is 13.2 Å². The molecular formula is C23H20N2O4S. The molecule has 7 heteroatoms. The first-order chi connectivity index (χ1) is 14.4. The highest BCUT2D eigenvalue weighted by atomic mass is 32.2. The Morgan fingerprint density at radius 3 is 2.43 bits per heavy atom. The lowest BCUT2D eigenvalue weighted by Gasteiger charge is -2.16. The number of nitrogens with one attached hydrogen (secondary N) is 1. The maximum Gasteiger partial charge on any atom is 0.337 e. The zero-order valence-electron chi connectivity index (χ0n) is 16.5. The second kappa shape index (κ2) is 7.68. The van der Waals surface area contributed by atoms with Gasteiger partial charge in [0.1, 0.15) is 0 Å². The number of hydrogen-bond donors (Lipinski definition) is 1. The van der Waals surface area contributed by atoms with Gasteiger partial charge in [-0.25, -0.2) is 13.2 Å². The molecule has 0 radical (unpaired) electrons. The molecule has 1 aromatic heterocycles. The van der Waals surface area contributed by atoms with Crippen LogP contribution in [0.4, 0.5) is 5.69 Å². The molecular weight excluding hydrogens is 400 g/mol. The smallest absolute Gasteiger partial charge is 0.337 e. The van der Waals surface area contributed by atoms with E-state index in [2.05, 4.69) is 4.72 Å². The number of esters is 1. The van der Waals surface area contributed by atoms with E-state index in [-0.39, 0.29) is 4.90 Å². The summed E-state index contributed by atoms with van der Waals surface area (Å²) >= 11 is 0. The molecule has 4 aromatic rings. The molecule has 0 saturated heterocycles. The van der Waals surface area contributed by atoms with Gasteiger partial charge in [-0.1, -0.05) is 35.9 Å². The van der Waals surface area contributed by atoms with E-state index in [0.717, 1.165) is 16.5 Å². The van der Waals surface area contributed by atoms with Crippen LogP contribution in [-0.2, 0) is 14.8 Å². The number of hydrogen-bond acceptors (Lipinski definition) is 4. The van der Waals surface area contributed by atoms with Crippen LogP contribution in [-0.4, -0.2) is 26.1 Å². The Labute approximate surface area is 174 Å². The SMILES string of the molecule is COC(=O)c1ccc(NS(=O)(=O)c2ccc(C)cc2)c(-n2ccc3ccccc32)c1. The molecule has 0 amide bonds. The summed E-state index contributed by atoms with van der Waals surface area (Å²) in [6.07, 6.45) is 1.84. The molecule has 0 saturated carbocycles. The molecule has 0 unspecified atom stereocenters. The van der Waals surface area contributed by atoms with Gasteiger partial charge in [-0.3, -0.25) is 4.72 Å². The lowest BCUT2D eigenvalue weighted by Crippen LogP contribution is -2.15. The second-order valence-corrected chi connectivity index (χ2v) is 8.57. The van der Waals surface area contributed by atoms with Gasteiger partial charge in [-0.2, -0.15) is 0 Å². The molecule has 0 aliphatic carbocycles. The lowest BCUT2D eigenvalue weighted by molar-refractivity contribution is 0.0600. The van der Waals surface area contributed by atoms with Crippen molar-refractivity contribution in [2.45, 2.75) is 11.8 Å². The maximum atomic E-state index is 13.0. The van der Waals surface area contributed by atoms with Crippen LogP contribution in [0.3, 0.4) is 0 Å². The minimum atomic E-state index is -3.82. The van der Waals surface area contributed by atoms with Gasteiger partial charge < -0.3 is 9.30 Å². The third-order valence-corrected chi connectivity index (χ3v) is 6.23. The van der Waals surface area contributed by atoms with Crippen molar-refractivity contribution in [3.8, 4) is 5.69 Å². The first-order valence-corrected chi connectivity index (χ1v) is 10.8. The van der Waals surface area contributed by atoms with E-state index in [1.165, 1.54) is 13.2 Å². The highest BCUT2D eigenvalue weighted by molar-refractivity contribution is 7.92. The monoisotopic (exact) mass is 420 g/mol. The van der Waals surface area contributed by atoms with Gasteiger partial charge in [-0.15, -0.1) is 0 Å². The van der Waals surface area contributed by atoms with Crippen molar-refractivity contribution >= 4 is 32.6 Å². The minimum Gasteiger partial charge on any atom is -0.465 e. The van der Waals surface area contributed by atoms with Gasteiger partial charge in [0.2, 0.25) is 0 Å².